The lowest BCUT2D eigenvalue weighted by atomic mass is 9.94. The van der Waals surface area contributed by atoms with Gasteiger partial charge in [-0.2, -0.15) is 0 Å². The van der Waals surface area contributed by atoms with Crippen molar-refractivity contribution in [1.29, 1.82) is 0 Å². The zero-order valence-electron chi connectivity index (χ0n) is 16.6. The summed E-state index contributed by atoms with van der Waals surface area (Å²) in [6.45, 7) is 6.40. The molecule has 5 heteroatoms. The fourth-order valence-electron chi connectivity index (χ4n) is 3.79. The largest absolute Gasteiger partial charge is 0.359 e. The van der Waals surface area contributed by atoms with Crippen LogP contribution in [0, 0.1) is 26.6 Å². The minimum absolute atomic E-state index is 0.122. The van der Waals surface area contributed by atoms with Gasteiger partial charge < -0.3 is 10.3 Å². The highest BCUT2D eigenvalue weighted by molar-refractivity contribution is 5.98. The number of rotatable bonds is 4. The molecule has 2 aromatic carbocycles. The molecule has 1 amide bonds. The zero-order chi connectivity index (χ0) is 20.5. The van der Waals surface area contributed by atoms with Crippen molar-refractivity contribution < 1.29 is 9.18 Å². The highest BCUT2D eigenvalue weighted by Gasteiger charge is 2.17. The maximum absolute atomic E-state index is 14.0. The minimum Gasteiger partial charge on any atom is -0.359 e. The van der Waals surface area contributed by atoms with Crippen molar-refractivity contribution in [3.05, 3.63) is 88.5 Å². The van der Waals surface area contributed by atoms with Crippen molar-refractivity contribution in [3.8, 4) is 11.3 Å². The van der Waals surface area contributed by atoms with E-state index in [2.05, 4.69) is 21.4 Å². The highest BCUT2D eigenvalue weighted by Crippen LogP contribution is 2.33. The lowest BCUT2D eigenvalue weighted by Gasteiger charge is -2.14. The normalized spacial score (nSPS) is 11.0. The van der Waals surface area contributed by atoms with Gasteiger partial charge >= 0.3 is 0 Å². The van der Waals surface area contributed by atoms with Gasteiger partial charge in [-0.1, -0.05) is 29.8 Å². The average molecular weight is 387 g/mol. The van der Waals surface area contributed by atoms with Crippen LogP contribution in [-0.2, 0) is 6.54 Å². The molecule has 0 radical (unpaired) electrons. The number of hydrogen-bond donors (Lipinski definition) is 2. The van der Waals surface area contributed by atoms with Gasteiger partial charge in [0.15, 0.2) is 5.82 Å². The Kier molecular flexibility index (Phi) is 4.89. The molecule has 29 heavy (non-hydrogen) atoms. The lowest BCUT2D eigenvalue weighted by Crippen LogP contribution is -2.23. The Labute approximate surface area is 168 Å². The van der Waals surface area contributed by atoms with Crippen molar-refractivity contribution in [2.75, 3.05) is 0 Å². The molecule has 4 nitrogen and oxygen atoms in total. The van der Waals surface area contributed by atoms with Crippen molar-refractivity contribution in [1.82, 2.24) is 15.3 Å². The van der Waals surface area contributed by atoms with Crippen molar-refractivity contribution >= 4 is 16.8 Å². The van der Waals surface area contributed by atoms with Gasteiger partial charge in [0.05, 0.1) is 17.4 Å². The topological polar surface area (TPSA) is 57.8 Å². The summed E-state index contributed by atoms with van der Waals surface area (Å²) < 4.78 is 14.0. The number of aryl methyl sites for hydroxylation is 3. The SMILES string of the molecule is Cc1cccc(CNC(=O)c2cc(C)c(-c3ncc(F)c4[nH]ccc34)c(C)c2)c1. The Bertz CT molecular complexity index is 1200. The van der Waals surface area contributed by atoms with Gasteiger partial charge in [-0.25, -0.2) is 4.39 Å². The number of nitrogens with one attached hydrogen (secondary N) is 2. The molecule has 2 heterocycles. The third-order valence-electron chi connectivity index (χ3n) is 5.12. The average Bonchev–Trinajstić information content (AvgIpc) is 3.18. The number of carbonyl (C=O) groups excluding carboxylic acids is 1. The van der Waals surface area contributed by atoms with Crippen LogP contribution >= 0.6 is 0 Å². The van der Waals surface area contributed by atoms with E-state index in [0.29, 0.717) is 23.3 Å². The van der Waals surface area contributed by atoms with Crippen LogP contribution in [0.25, 0.3) is 22.2 Å². The third-order valence-corrected chi connectivity index (χ3v) is 5.12. The predicted molar refractivity (Wildman–Crippen MR) is 113 cm³/mol. The van der Waals surface area contributed by atoms with E-state index in [1.54, 1.807) is 6.20 Å². The van der Waals surface area contributed by atoms with Crippen molar-refractivity contribution in [2.24, 2.45) is 0 Å². The Morgan fingerprint density at radius 2 is 1.86 bits per heavy atom. The molecule has 0 aliphatic heterocycles. The van der Waals surface area contributed by atoms with E-state index in [0.717, 1.165) is 33.2 Å². The predicted octanol–water partition coefficient (Wildman–Crippen LogP) is 5.22. The van der Waals surface area contributed by atoms with E-state index in [1.807, 2.05) is 57.2 Å². The highest BCUT2D eigenvalue weighted by atomic mass is 19.1. The molecule has 0 saturated carbocycles. The molecule has 0 spiro atoms. The standard InChI is InChI=1S/C24H22FN3O/c1-14-5-4-6-17(9-14)12-28-24(29)18-10-15(2)21(16(3)11-18)23-19-7-8-26-22(19)20(25)13-27-23/h4-11,13,26H,12H2,1-3H3,(H,28,29). The molecule has 4 rings (SSSR count). The summed E-state index contributed by atoms with van der Waals surface area (Å²) in [6, 6.07) is 13.6. The summed E-state index contributed by atoms with van der Waals surface area (Å²) in [4.78, 5) is 19.9. The molecule has 0 unspecified atom stereocenters. The van der Waals surface area contributed by atoms with Gasteiger partial charge in [-0.05, 0) is 55.7 Å². The zero-order valence-corrected chi connectivity index (χ0v) is 16.6. The number of benzene rings is 2. The molecule has 2 aromatic heterocycles. The van der Waals surface area contributed by atoms with Crippen LogP contribution in [0.3, 0.4) is 0 Å². The molecule has 0 bridgehead atoms. The van der Waals surface area contributed by atoms with Gasteiger partial charge in [0.2, 0.25) is 0 Å². The molecular weight excluding hydrogens is 365 g/mol. The Morgan fingerprint density at radius 3 is 2.59 bits per heavy atom. The molecule has 0 atom stereocenters. The smallest absolute Gasteiger partial charge is 0.251 e. The van der Waals surface area contributed by atoms with Gasteiger partial charge in [-0.15, -0.1) is 0 Å². The molecular formula is C24H22FN3O. The first-order valence-electron chi connectivity index (χ1n) is 9.51. The van der Waals surface area contributed by atoms with Crippen LogP contribution in [-0.4, -0.2) is 15.9 Å². The van der Waals surface area contributed by atoms with Crippen LogP contribution in [0.15, 0.2) is 54.9 Å². The van der Waals surface area contributed by atoms with E-state index in [9.17, 15) is 9.18 Å². The minimum atomic E-state index is -0.379. The first-order valence-corrected chi connectivity index (χ1v) is 9.51. The summed E-state index contributed by atoms with van der Waals surface area (Å²) >= 11 is 0. The molecule has 0 aliphatic rings. The summed E-state index contributed by atoms with van der Waals surface area (Å²) in [5, 5.41) is 3.71. The van der Waals surface area contributed by atoms with E-state index in [-0.39, 0.29) is 11.7 Å². The number of fused-ring (bicyclic) bond motifs is 1. The van der Waals surface area contributed by atoms with Gasteiger partial charge in [0.25, 0.3) is 5.91 Å². The lowest BCUT2D eigenvalue weighted by molar-refractivity contribution is 0.0950. The van der Waals surface area contributed by atoms with E-state index in [4.69, 9.17) is 0 Å². The van der Waals surface area contributed by atoms with E-state index >= 15 is 0 Å². The van der Waals surface area contributed by atoms with Crippen molar-refractivity contribution in [3.63, 3.8) is 0 Å². The first-order chi connectivity index (χ1) is 13.9. The maximum Gasteiger partial charge on any atom is 0.251 e. The molecule has 4 aromatic rings. The molecule has 0 aliphatic carbocycles. The number of carbonyl (C=O) groups is 1. The summed E-state index contributed by atoms with van der Waals surface area (Å²) in [6.07, 6.45) is 2.94. The second kappa shape index (κ2) is 7.51. The monoisotopic (exact) mass is 387 g/mol. The van der Waals surface area contributed by atoms with E-state index < -0.39 is 0 Å². The number of halogens is 1. The Balaban J connectivity index is 1.64. The van der Waals surface area contributed by atoms with Crippen LogP contribution in [0.2, 0.25) is 0 Å². The van der Waals surface area contributed by atoms with Gasteiger partial charge in [0.1, 0.15) is 0 Å². The molecule has 0 saturated heterocycles. The number of amides is 1. The Hall–Kier alpha value is -3.47. The fourth-order valence-corrected chi connectivity index (χ4v) is 3.79. The number of pyridine rings is 1. The number of hydrogen-bond acceptors (Lipinski definition) is 2. The summed E-state index contributed by atoms with van der Waals surface area (Å²) in [7, 11) is 0. The van der Waals surface area contributed by atoms with Gasteiger partial charge in [0, 0.05) is 29.3 Å². The quantitative estimate of drug-likeness (QED) is 0.504. The fraction of sp³-hybridized carbons (Fsp3) is 0.167. The van der Waals surface area contributed by atoms with Crippen LogP contribution in [0.1, 0.15) is 32.6 Å². The van der Waals surface area contributed by atoms with Gasteiger partial charge in [-0.3, -0.25) is 9.78 Å². The molecule has 146 valence electrons. The Morgan fingerprint density at radius 1 is 1.10 bits per heavy atom. The number of nitrogens with zero attached hydrogens (tertiary/aromatic N) is 1. The molecule has 0 fully saturated rings. The maximum atomic E-state index is 14.0. The summed E-state index contributed by atoms with van der Waals surface area (Å²) in [5.74, 6) is -0.501. The first kappa shape index (κ1) is 18.9. The van der Waals surface area contributed by atoms with Crippen molar-refractivity contribution in [2.45, 2.75) is 27.3 Å². The summed E-state index contributed by atoms with van der Waals surface area (Å²) in [5.41, 5.74) is 6.75. The number of H-pyrrole nitrogens is 1. The number of aromatic amines is 1. The third kappa shape index (κ3) is 3.63. The molecule has 2 N–H and O–H groups in total. The second-order valence-corrected chi connectivity index (χ2v) is 7.38. The van der Waals surface area contributed by atoms with E-state index in [1.165, 1.54) is 6.20 Å². The number of aromatic nitrogens is 2. The second-order valence-electron chi connectivity index (χ2n) is 7.38. The van der Waals surface area contributed by atoms with Crippen LogP contribution < -0.4 is 5.32 Å². The van der Waals surface area contributed by atoms with Crippen LogP contribution in [0.4, 0.5) is 4.39 Å². The van der Waals surface area contributed by atoms with Crippen LogP contribution in [0.5, 0.6) is 0 Å².